The molecule has 358 valence electrons. The van der Waals surface area contributed by atoms with Gasteiger partial charge in [0.15, 0.2) is 6.10 Å². The molecule has 0 heterocycles. The van der Waals surface area contributed by atoms with Gasteiger partial charge in [0, 0.05) is 19.3 Å². The first kappa shape index (κ1) is 59.1. The molecule has 0 saturated heterocycles. The summed E-state index contributed by atoms with van der Waals surface area (Å²) in [6, 6.07) is 0. The fourth-order valence-electron chi connectivity index (χ4n) is 7.31. The quantitative estimate of drug-likeness (QED) is 0.0199. The van der Waals surface area contributed by atoms with Gasteiger partial charge in [-0.2, -0.15) is 0 Å². The molecule has 0 rings (SSSR count). The number of allylic oxidation sites excluding steroid dienone is 10. The van der Waals surface area contributed by atoms with Crippen molar-refractivity contribution in [2.75, 3.05) is 13.2 Å². The van der Waals surface area contributed by atoms with E-state index in [1.54, 1.807) is 0 Å². The Morgan fingerprint density at radius 3 is 1.05 bits per heavy atom. The molecular formula is C56H98O6. The minimum Gasteiger partial charge on any atom is -0.462 e. The highest BCUT2D eigenvalue weighted by Crippen LogP contribution is 2.14. The first-order valence-corrected chi connectivity index (χ1v) is 26.3. The summed E-state index contributed by atoms with van der Waals surface area (Å²) in [5.74, 6) is -0.913. The molecule has 0 aliphatic heterocycles. The van der Waals surface area contributed by atoms with E-state index < -0.39 is 6.10 Å². The van der Waals surface area contributed by atoms with Gasteiger partial charge >= 0.3 is 17.9 Å². The van der Waals surface area contributed by atoms with Crippen LogP contribution in [0.2, 0.25) is 0 Å². The number of unbranched alkanes of at least 4 members (excludes halogenated alkanes) is 28. The van der Waals surface area contributed by atoms with Gasteiger partial charge < -0.3 is 14.2 Å². The average molecular weight is 867 g/mol. The molecule has 0 aromatic carbocycles. The zero-order valence-corrected chi connectivity index (χ0v) is 40.9. The maximum atomic E-state index is 12.8. The fraction of sp³-hybridized carbons (Fsp3) is 0.768. The van der Waals surface area contributed by atoms with E-state index in [1.807, 2.05) is 0 Å². The van der Waals surface area contributed by atoms with Crippen LogP contribution < -0.4 is 0 Å². The van der Waals surface area contributed by atoms with E-state index in [4.69, 9.17) is 14.2 Å². The minimum atomic E-state index is -0.786. The molecule has 0 fully saturated rings. The monoisotopic (exact) mass is 867 g/mol. The van der Waals surface area contributed by atoms with Crippen LogP contribution >= 0.6 is 0 Å². The van der Waals surface area contributed by atoms with Gasteiger partial charge in [-0.3, -0.25) is 14.4 Å². The Morgan fingerprint density at radius 2 is 0.645 bits per heavy atom. The van der Waals surface area contributed by atoms with Crippen LogP contribution in [0.1, 0.15) is 258 Å². The highest BCUT2D eigenvalue weighted by Gasteiger charge is 2.19. The molecule has 0 saturated carbocycles. The van der Waals surface area contributed by atoms with E-state index >= 15 is 0 Å². The molecule has 1 atom stereocenters. The fourth-order valence-corrected chi connectivity index (χ4v) is 7.31. The van der Waals surface area contributed by atoms with Gasteiger partial charge in [-0.15, -0.1) is 0 Å². The lowest BCUT2D eigenvalue weighted by Crippen LogP contribution is -2.30. The average Bonchev–Trinajstić information content (AvgIpc) is 3.27. The molecule has 0 bridgehead atoms. The number of carbonyl (C=O) groups is 3. The Bertz CT molecular complexity index is 1130. The van der Waals surface area contributed by atoms with Crippen molar-refractivity contribution in [1.29, 1.82) is 0 Å². The van der Waals surface area contributed by atoms with Crippen molar-refractivity contribution >= 4 is 17.9 Å². The zero-order chi connectivity index (χ0) is 45.1. The summed E-state index contributed by atoms with van der Waals surface area (Å²) < 4.78 is 16.8. The Balaban J connectivity index is 4.42. The van der Waals surface area contributed by atoms with Gasteiger partial charge in [-0.25, -0.2) is 0 Å². The highest BCUT2D eigenvalue weighted by molar-refractivity contribution is 5.71. The topological polar surface area (TPSA) is 78.9 Å². The second-order valence-corrected chi connectivity index (χ2v) is 17.5. The highest BCUT2D eigenvalue weighted by atomic mass is 16.6. The van der Waals surface area contributed by atoms with Crippen LogP contribution in [0.4, 0.5) is 0 Å². The van der Waals surface area contributed by atoms with Crippen molar-refractivity contribution in [2.24, 2.45) is 0 Å². The third-order valence-electron chi connectivity index (χ3n) is 11.3. The van der Waals surface area contributed by atoms with Crippen LogP contribution in [-0.4, -0.2) is 37.2 Å². The van der Waals surface area contributed by atoms with Gasteiger partial charge in [0.2, 0.25) is 0 Å². The summed E-state index contributed by atoms with van der Waals surface area (Å²) >= 11 is 0. The summed E-state index contributed by atoms with van der Waals surface area (Å²) in [5.41, 5.74) is 0. The smallest absolute Gasteiger partial charge is 0.306 e. The van der Waals surface area contributed by atoms with Gasteiger partial charge in [-0.05, 0) is 89.9 Å². The van der Waals surface area contributed by atoms with Crippen LogP contribution in [0.15, 0.2) is 60.8 Å². The molecule has 0 aliphatic carbocycles. The standard InChI is InChI=1S/C56H98O6/c1-4-7-10-13-16-19-22-25-28-31-34-37-40-43-46-49-55(58)61-52-53(51-60-54(57)48-45-42-39-36-33-30-27-24-21-18-15-12-9-6-3)62-56(59)50-47-44-41-38-35-32-29-26-23-20-17-14-11-8-5-2/h7,10,13,16,19-20,22-23,30,33,53H,4-6,8-9,11-12,14-15,17-18,21,24-29,31-32,34-52H2,1-3H3/b10-7-,16-13-,22-19-,23-20-,33-30-. The lowest BCUT2D eigenvalue weighted by molar-refractivity contribution is -0.167. The molecule has 1 unspecified atom stereocenters. The van der Waals surface area contributed by atoms with Gasteiger partial charge in [0.1, 0.15) is 13.2 Å². The van der Waals surface area contributed by atoms with Crippen LogP contribution in [0.25, 0.3) is 0 Å². The van der Waals surface area contributed by atoms with Crippen molar-refractivity contribution < 1.29 is 28.6 Å². The molecule has 0 aromatic heterocycles. The first-order chi connectivity index (χ1) is 30.5. The number of hydrogen-bond acceptors (Lipinski definition) is 6. The molecule has 0 spiro atoms. The Kier molecular flexibility index (Phi) is 48.4. The zero-order valence-electron chi connectivity index (χ0n) is 40.9. The third-order valence-corrected chi connectivity index (χ3v) is 11.3. The Hall–Kier alpha value is -2.89. The molecule has 6 nitrogen and oxygen atoms in total. The van der Waals surface area contributed by atoms with Crippen molar-refractivity contribution in [1.82, 2.24) is 0 Å². The molecule has 0 aliphatic rings. The first-order valence-electron chi connectivity index (χ1n) is 26.3. The number of carbonyl (C=O) groups excluding carboxylic acids is 3. The van der Waals surface area contributed by atoms with Crippen molar-refractivity contribution in [2.45, 2.75) is 264 Å². The molecule has 0 N–H and O–H groups in total. The summed E-state index contributed by atoms with van der Waals surface area (Å²) in [4.78, 5) is 38.0. The second-order valence-electron chi connectivity index (χ2n) is 17.5. The molecule has 6 heteroatoms. The molecule has 0 radical (unpaired) electrons. The van der Waals surface area contributed by atoms with Crippen LogP contribution in [0.5, 0.6) is 0 Å². The molecular weight excluding hydrogens is 769 g/mol. The number of esters is 3. The van der Waals surface area contributed by atoms with Crippen molar-refractivity contribution in [3.8, 4) is 0 Å². The predicted molar refractivity (Wildman–Crippen MR) is 265 cm³/mol. The summed E-state index contributed by atoms with van der Waals surface area (Å²) in [7, 11) is 0. The van der Waals surface area contributed by atoms with Gasteiger partial charge in [0.25, 0.3) is 0 Å². The van der Waals surface area contributed by atoms with Crippen molar-refractivity contribution in [3.63, 3.8) is 0 Å². The van der Waals surface area contributed by atoms with Crippen molar-refractivity contribution in [3.05, 3.63) is 60.8 Å². The number of rotatable bonds is 47. The third kappa shape index (κ3) is 48.1. The lowest BCUT2D eigenvalue weighted by atomic mass is 10.1. The van der Waals surface area contributed by atoms with E-state index in [9.17, 15) is 14.4 Å². The van der Waals surface area contributed by atoms with Gasteiger partial charge in [-0.1, -0.05) is 210 Å². The largest absolute Gasteiger partial charge is 0.462 e. The minimum absolute atomic E-state index is 0.0865. The predicted octanol–water partition coefficient (Wildman–Crippen LogP) is 17.3. The summed E-state index contributed by atoms with van der Waals surface area (Å²) in [6.07, 6.45) is 62.0. The molecule has 0 amide bonds. The van der Waals surface area contributed by atoms with E-state index in [0.717, 1.165) is 83.5 Å². The molecule has 62 heavy (non-hydrogen) atoms. The maximum Gasteiger partial charge on any atom is 0.306 e. The summed E-state index contributed by atoms with van der Waals surface area (Å²) in [6.45, 7) is 6.47. The SMILES string of the molecule is CC\C=C/C=C\C=C/CCCCCCCCCC(=O)OCC(COC(=O)CCCCC/C=C\CCCCCCCCC)OC(=O)CCCCCCCCC/C=C\CCCCCC. The maximum absolute atomic E-state index is 12.8. The van der Waals surface area contributed by atoms with Gasteiger partial charge in [0.05, 0.1) is 0 Å². The second kappa shape index (κ2) is 50.8. The normalized spacial score (nSPS) is 12.5. The van der Waals surface area contributed by atoms with E-state index in [0.29, 0.717) is 19.3 Å². The van der Waals surface area contributed by atoms with Crippen LogP contribution in [0, 0.1) is 0 Å². The number of hydrogen-bond donors (Lipinski definition) is 0. The van der Waals surface area contributed by atoms with E-state index in [1.165, 1.54) is 135 Å². The Morgan fingerprint density at radius 1 is 0.339 bits per heavy atom. The van der Waals surface area contributed by atoms with E-state index in [-0.39, 0.29) is 31.1 Å². The summed E-state index contributed by atoms with van der Waals surface area (Å²) in [5, 5.41) is 0. The van der Waals surface area contributed by atoms with Crippen LogP contribution in [-0.2, 0) is 28.6 Å². The van der Waals surface area contributed by atoms with E-state index in [2.05, 4.69) is 81.5 Å². The Labute approximate surface area is 383 Å². The van der Waals surface area contributed by atoms with Crippen LogP contribution in [0.3, 0.4) is 0 Å². The molecule has 0 aromatic rings. The lowest BCUT2D eigenvalue weighted by Gasteiger charge is -2.18. The number of ether oxygens (including phenoxy) is 3.